The zero-order chi connectivity index (χ0) is 28.9. The molecule has 43 heavy (non-hydrogen) atoms. The Morgan fingerprint density at radius 3 is 1.88 bits per heavy atom. The van der Waals surface area contributed by atoms with E-state index in [0.29, 0.717) is 5.71 Å². The van der Waals surface area contributed by atoms with Crippen molar-refractivity contribution in [3.05, 3.63) is 139 Å². The highest BCUT2D eigenvalue weighted by Crippen LogP contribution is 2.38. The van der Waals surface area contributed by atoms with Gasteiger partial charge in [-0.25, -0.2) is 14.5 Å². The lowest BCUT2D eigenvalue weighted by Gasteiger charge is -2.10. The molecule has 0 radical (unpaired) electrons. The van der Waals surface area contributed by atoms with Gasteiger partial charge in [0.2, 0.25) is 11.4 Å². The average molecular weight is 555 g/mol. The summed E-state index contributed by atoms with van der Waals surface area (Å²) in [7, 11) is 2.09. The van der Waals surface area contributed by atoms with Crippen molar-refractivity contribution >= 4 is 32.8 Å². The van der Waals surface area contributed by atoms with E-state index in [1.165, 1.54) is 10.8 Å². The van der Waals surface area contributed by atoms with Crippen molar-refractivity contribution in [1.82, 2.24) is 9.97 Å². The fourth-order valence-electron chi connectivity index (χ4n) is 6.03. The van der Waals surface area contributed by atoms with Crippen LogP contribution in [-0.4, -0.2) is 9.97 Å². The fraction of sp³-hybridized carbons (Fsp3) is 0.0513. The summed E-state index contributed by atoms with van der Waals surface area (Å²) < 4.78 is 8.82. The van der Waals surface area contributed by atoms with Gasteiger partial charge in [-0.3, -0.25) is 0 Å². The molecule has 0 aliphatic carbocycles. The van der Waals surface area contributed by atoms with Crippen LogP contribution in [0, 0.1) is 6.92 Å². The number of furan rings is 1. The van der Waals surface area contributed by atoms with Crippen molar-refractivity contribution in [2.45, 2.75) is 6.92 Å². The van der Waals surface area contributed by atoms with Gasteiger partial charge in [0.15, 0.2) is 11.8 Å². The molecule has 0 N–H and O–H groups in total. The van der Waals surface area contributed by atoms with E-state index >= 15 is 0 Å². The van der Waals surface area contributed by atoms with Gasteiger partial charge in [-0.05, 0) is 48.2 Å². The Bertz CT molecular complexity index is 2250. The molecule has 0 saturated carbocycles. The number of rotatable bonds is 4. The standard InChI is InChI=1S/C39H28N3O/c1-25-17-18-31-32-19-20-33(30-21-34(26-11-5-3-6-12-26)40-35(22-30)27-13-7-4-8-14-27)41-39(32)43-38(31)37(25)36-23-28-15-9-10-16-29(28)24-42(36)2/h3-24H,1-2H3/q+1. The van der Waals surface area contributed by atoms with E-state index < -0.39 is 0 Å². The van der Waals surface area contributed by atoms with Gasteiger partial charge < -0.3 is 4.42 Å². The molecule has 4 heteroatoms. The Morgan fingerprint density at radius 2 is 1.19 bits per heavy atom. The van der Waals surface area contributed by atoms with Crippen LogP contribution in [0.4, 0.5) is 0 Å². The maximum Gasteiger partial charge on any atom is 0.227 e. The number of hydrogen-bond acceptors (Lipinski definition) is 3. The Morgan fingerprint density at radius 1 is 0.558 bits per heavy atom. The summed E-state index contributed by atoms with van der Waals surface area (Å²) in [6.07, 6.45) is 2.18. The molecule has 0 aliphatic heterocycles. The summed E-state index contributed by atoms with van der Waals surface area (Å²) >= 11 is 0. The van der Waals surface area contributed by atoms with Crippen LogP contribution in [0.1, 0.15) is 5.56 Å². The Balaban J connectivity index is 1.32. The lowest BCUT2D eigenvalue weighted by Crippen LogP contribution is -2.30. The van der Waals surface area contributed by atoms with E-state index in [0.717, 1.165) is 66.9 Å². The van der Waals surface area contributed by atoms with Crippen LogP contribution in [-0.2, 0) is 7.05 Å². The lowest BCUT2D eigenvalue weighted by atomic mass is 9.99. The minimum absolute atomic E-state index is 0.627. The van der Waals surface area contributed by atoms with Crippen LogP contribution in [0.25, 0.3) is 77.9 Å². The largest absolute Gasteiger partial charge is 0.437 e. The monoisotopic (exact) mass is 554 g/mol. The molecule has 0 amide bonds. The van der Waals surface area contributed by atoms with Gasteiger partial charge in [-0.15, -0.1) is 0 Å². The van der Waals surface area contributed by atoms with Crippen molar-refractivity contribution in [2.75, 3.05) is 0 Å². The molecular weight excluding hydrogens is 526 g/mol. The predicted octanol–water partition coefficient (Wildman–Crippen LogP) is 9.33. The highest BCUT2D eigenvalue weighted by Gasteiger charge is 2.22. The molecule has 4 aromatic heterocycles. The van der Waals surface area contributed by atoms with Crippen LogP contribution in [0.3, 0.4) is 0 Å². The van der Waals surface area contributed by atoms with E-state index in [4.69, 9.17) is 14.4 Å². The summed E-state index contributed by atoms with van der Waals surface area (Å²) in [5, 5.41) is 4.47. The average Bonchev–Trinajstić information content (AvgIpc) is 3.43. The summed E-state index contributed by atoms with van der Waals surface area (Å²) in [6.45, 7) is 2.14. The van der Waals surface area contributed by atoms with Crippen LogP contribution >= 0.6 is 0 Å². The van der Waals surface area contributed by atoms with Crippen molar-refractivity contribution in [3.63, 3.8) is 0 Å². The maximum absolute atomic E-state index is 6.64. The highest BCUT2D eigenvalue weighted by molar-refractivity contribution is 6.09. The van der Waals surface area contributed by atoms with E-state index in [2.05, 4.69) is 116 Å². The van der Waals surface area contributed by atoms with Gasteiger partial charge in [-0.2, -0.15) is 0 Å². The second-order valence-corrected chi connectivity index (χ2v) is 11.0. The number of aromatic nitrogens is 3. The molecule has 4 aromatic carbocycles. The van der Waals surface area contributed by atoms with E-state index in [9.17, 15) is 0 Å². The molecule has 4 nitrogen and oxygen atoms in total. The van der Waals surface area contributed by atoms with Gasteiger partial charge >= 0.3 is 0 Å². The predicted molar refractivity (Wildman–Crippen MR) is 174 cm³/mol. The third-order valence-corrected chi connectivity index (χ3v) is 8.23. The molecule has 0 bridgehead atoms. The van der Waals surface area contributed by atoms with Gasteiger partial charge in [0, 0.05) is 38.9 Å². The van der Waals surface area contributed by atoms with E-state index in [1.54, 1.807) is 0 Å². The normalized spacial score (nSPS) is 11.5. The van der Waals surface area contributed by atoms with Gasteiger partial charge in [0.05, 0.1) is 22.6 Å². The molecule has 0 atom stereocenters. The Kier molecular flexibility index (Phi) is 5.86. The number of fused-ring (bicyclic) bond motifs is 4. The van der Waals surface area contributed by atoms with Gasteiger partial charge in [0.1, 0.15) is 7.05 Å². The minimum atomic E-state index is 0.627. The summed E-state index contributed by atoms with van der Waals surface area (Å²) in [4.78, 5) is 10.1. The number of nitrogens with zero attached hydrogens (tertiary/aromatic N) is 3. The second-order valence-electron chi connectivity index (χ2n) is 11.0. The number of aryl methyl sites for hydroxylation is 2. The summed E-state index contributed by atoms with van der Waals surface area (Å²) in [5.41, 5.74) is 10.6. The summed E-state index contributed by atoms with van der Waals surface area (Å²) in [5.74, 6) is 0. The zero-order valence-electron chi connectivity index (χ0n) is 24.0. The molecule has 0 saturated heterocycles. The Hall–Kier alpha value is -5.61. The maximum atomic E-state index is 6.64. The van der Waals surface area contributed by atoms with Crippen LogP contribution in [0.15, 0.2) is 138 Å². The number of pyridine rings is 3. The first-order valence-electron chi connectivity index (χ1n) is 14.5. The molecule has 4 heterocycles. The quantitative estimate of drug-likeness (QED) is 0.204. The van der Waals surface area contributed by atoms with Gasteiger partial charge in [0.25, 0.3) is 0 Å². The molecule has 204 valence electrons. The smallest absolute Gasteiger partial charge is 0.227 e. The van der Waals surface area contributed by atoms with Crippen molar-refractivity contribution in [2.24, 2.45) is 7.05 Å². The topological polar surface area (TPSA) is 42.8 Å². The fourth-order valence-corrected chi connectivity index (χ4v) is 6.03. The van der Waals surface area contributed by atoms with E-state index in [-0.39, 0.29) is 0 Å². The molecule has 0 aliphatic rings. The molecule has 0 fully saturated rings. The van der Waals surface area contributed by atoms with Gasteiger partial charge in [-0.1, -0.05) is 91.0 Å². The molecule has 0 spiro atoms. The molecule has 8 rings (SSSR count). The van der Waals surface area contributed by atoms with Crippen molar-refractivity contribution in [1.29, 1.82) is 0 Å². The molecular formula is C39H28N3O+. The lowest BCUT2D eigenvalue weighted by molar-refractivity contribution is -0.659. The Labute approximate surface area is 249 Å². The minimum Gasteiger partial charge on any atom is -0.437 e. The van der Waals surface area contributed by atoms with Crippen LogP contribution in [0.2, 0.25) is 0 Å². The van der Waals surface area contributed by atoms with Crippen molar-refractivity contribution in [3.8, 4) is 45.0 Å². The van der Waals surface area contributed by atoms with Crippen LogP contribution < -0.4 is 4.57 Å². The van der Waals surface area contributed by atoms with E-state index in [1.807, 2.05) is 36.4 Å². The van der Waals surface area contributed by atoms with Crippen molar-refractivity contribution < 1.29 is 8.98 Å². The molecule has 0 unspecified atom stereocenters. The zero-order valence-corrected chi connectivity index (χ0v) is 24.0. The highest BCUT2D eigenvalue weighted by atomic mass is 16.3. The first-order chi connectivity index (χ1) is 21.1. The molecule has 8 aromatic rings. The second kappa shape index (κ2) is 10.0. The van der Waals surface area contributed by atoms with Crippen LogP contribution in [0.5, 0.6) is 0 Å². The number of hydrogen-bond donors (Lipinski definition) is 0. The third-order valence-electron chi connectivity index (χ3n) is 8.23. The SMILES string of the molecule is Cc1ccc2c(oc3nc(-c4cc(-c5ccccc5)nc(-c5ccccc5)c4)ccc32)c1-c1cc2ccccc2c[n+]1C. The first-order valence-corrected chi connectivity index (χ1v) is 14.5. The number of benzene rings is 4. The summed E-state index contributed by atoms with van der Waals surface area (Å²) in [6, 6.07) is 44.1. The third kappa shape index (κ3) is 4.36. The first kappa shape index (κ1) is 25.1.